The third-order valence-electron chi connectivity index (χ3n) is 5.52. The fraction of sp³-hybridized carbons (Fsp3) is 0.160. The van der Waals surface area contributed by atoms with Gasteiger partial charge in [-0.3, -0.25) is 4.98 Å². The van der Waals surface area contributed by atoms with Gasteiger partial charge in [-0.1, -0.05) is 72.9 Å². The Kier molecular flexibility index (Phi) is 3.93. The van der Waals surface area contributed by atoms with Gasteiger partial charge in [-0.2, -0.15) is 0 Å². The smallest absolute Gasteiger partial charge is 0.0880 e. The highest BCUT2D eigenvalue weighted by atomic mass is 32.1. The first-order chi connectivity index (χ1) is 13.4. The van der Waals surface area contributed by atoms with Crippen molar-refractivity contribution in [1.29, 1.82) is 0 Å². The lowest BCUT2D eigenvalue weighted by molar-refractivity contribution is 1.37. The van der Waals surface area contributed by atoms with Crippen molar-refractivity contribution < 1.29 is 0 Å². The van der Waals surface area contributed by atoms with Crippen molar-refractivity contribution in [2.75, 3.05) is 0 Å². The van der Waals surface area contributed by atoms with Crippen molar-refractivity contribution in [3.05, 3.63) is 72.4 Å². The van der Waals surface area contributed by atoms with Crippen molar-refractivity contribution in [1.82, 2.24) is 4.98 Å². The number of nitrogens with zero attached hydrogens (tertiary/aromatic N) is 1. The predicted octanol–water partition coefficient (Wildman–Crippen LogP) is 7.12. The molecule has 0 radical (unpaired) electrons. The number of hydrogen-bond acceptors (Lipinski definition) is 2. The summed E-state index contributed by atoms with van der Waals surface area (Å²) in [6, 6.07) is 22.5. The molecule has 0 N–H and O–H groups in total. The van der Waals surface area contributed by atoms with Crippen molar-refractivity contribution in [3.63, 3.8) is 0 Å². The Labute approximate surface area is 170 Å². The van der Waals surface area contributed by atoms with Crippen molar-refractivity contribution >= 4 is 55.5 Å². The van der Waals surface area contributed by atoms with Crippen LogP contribution >= 0.6 is 11.3 Å². The Balaban J connectivity index is 1.76. The monoisotopic (exact) mass is 397 g/mol. The first-order valence-electron chi connectivity index (χ1n) is 9.73. The summed E-state index contributed by atoms with van der Waals surface area (Å²) in [6.45, 7) is 9.37. The Morgan fingerprint density at radius 2 is 1.61 bits per heavy atom. The molecule has 0 fully saturated rings. The lowest BCUT2D eigenvalue weighted by atomic mass is 10.0. The van der Waals surface area contributed by atoms with Crippen molar-refractivity contribution in [2.45, 2.75) is 26.6 Å². The fourth-order valence-electron chi connectivity index (χ4n) is 3.89. The van der Waals surface area contributed by atoms with E-state index in [0.717, 1.165) is 5.69 Å². The predicted molar refractivity (Wildman–Crippen MR) is 128 cm³/mol. The number of aromatic nitrogens is 1. The molecule has 5 rings (SSSR count). The second kappa shape index (κ2) is 6.26. The van der Waals surface area contributed by atoms with E-state index >= 15 is 0 Å². The minimum absolute atomic E-state index is 1.09. The number of hydrogen-bond donors (Lipinski definition) is 0. The average molecular weight is 398 g/mol. The molecule has 1 nitrogen and oxygen atoms in total. The first kappa shape index (κ1) is 17.6. The Hall–Kier alpha value is -2.49. The molecule has 0 saturated heterocycles. The van der Waals surface area contributed by atoms with Gasteiger partial charge in [0.15, 0.2) is 0 Å². The Bertz CT molecular complexity index is 1360. The van der Waals surface area contributed by atoms with E-state index < -0.39 is 8.07 Å². The van der Waals surface area contributed by atoms with Crippen LogP contribution < -0.4 is 5.19 Å². The van der Waals surface area contributed by atoms with E-state index in [-0.39, 0.29) is 0 Å². The maximum absolute atomic E-state index is 4.79. The number of pyridine rings is 1. The van der Waals surface area contributed by atoms with Crippen LogP contribution in [0.4, 0.5) is 0 Å². The highest BCUT2D eigenvalue weighted by Crippen LogP contribution is 2.39. The average Bonchev–Trinajstić information content (AvgIpc) is 3.04. The van der Waals surface area contributed by atoms with Crippen LogP contribution in [0.25, 0.3) is 42.2 Å². The molecule has 5 aromatic rings. The van der Waals surface area contributed by atoms with Crippen LogP contribution in [0, 0.1) is 6.92 Å². The molecule has 0 aliphatic carbocycles. The molecule has 0 spiro atoms. The highest BCUT2D eigenvalue weighted by Gasteiger charge is 2.18. The maximum atomic E-state index is 4.79. The first-order valence-corrected chi connectivity index (χ1v) is 14.0. The van der Waals surface area contributed by atoms with Crippen LogP contribution in [0.5, 0.6) is 0 Å². The summed E-state index contributed by atoms with van der Waals surface area (Å²) in [4.78, 5) is 4.79. The topological polar surface area (TPSA) is 12.9 Å². The molecule has 0 atom stereocenters. The van der Waals surface area contributed by atoms with E-state index in [1.54, 1.807) is 0 Å². The largest absolute Gasteiger partial charge is 0.255 e. The van der Waals surface area contributed by atoms with E-state index in [4.69, 9.17) is 4.98 Å². The molecule has 3 aromatic carbocycles. The molecule has 0 bridgehead atoms. The summed E-state index contributed by atoms with van der Waals surface area (Å²) >= 11 is 1.88. The third-order valence-corrected chi connectivity index (χ3v) is 8.74. The zero-order valence-electron chi connectivity index (χ0n) is 16.7. The van der Waals surface area contributed by atoms with Crippen LogP contribution in [0.15, 0.2) is 66.9 Å². The molecule has 0 unspecified atom stereocenters. The van der Waals surface area contributed by atoms with Crippen molar-refractivity contribution in [3.8, 4) is 11.3 Å². The van der Waals surface area contributed by atoms with Gasteiger partial charge < -0.3 is 0 Å². The SMILES string of the molecule is Cc1ccc2ccc(-c3nccc4c3sc3cc([Si](C)(C)C)ccc34)cc2c1. The fourth-order valence-corrected chi connectivity index (χ4v) is 6.40. The number of rotatable bonds is 2. The van der Waals surface area contributed by atoms with Gasteiger partial charge in [-0.05, 0) is 35.9 Å². The second-order valence-corrected chi connectivity index (χ2v) is 14.8. The summed E-state index contributed by atoms with van der Waals surface area (Å²) in [5.41, 5.74) is 3.58. The van der Waals surface area contributed by atoms with Gasteiger partial charge in [0.25, 0.3) is 0 Å². The number of aryl methyl sites for hydroxylation is 1. The van der Waals surface area contributed by atoms with Crippen LogP contribution in [-0.2, 0) is 0 Å². The zero-order valence-corrected chi connectivity index (χ0v) is 18.5. The minimum Gasteiger partial charge on any atom is -0.255 e. The van der Waals surface area contributed by atoms with Gasteiger partial charge >= 0.3 is 0 Å². The molecular formula is C25H23NSSi. The highest BCUT2D eigenvalue weighted by molar-refractivity contribution is 7.26. The molecule has 28 heavy (non-hydrogen) atoms. The van der Waals surface area contributed by atoms with Crippen LogP contribution in [-0.4, -0.2) is 13.1 Å². The molecule has 2 heterocycles. The normalized spacial score (nSPS) is 12.3. The molecule has 0 aliphatic heterocycles. The second-order valence-electron chi connectivity index (χ2n) is 8.66. The van der Waals surface area contributed by atoms with Gasteiger partial charge in [-0.15, -0.1) is 11.3 Å². The summed E-state index contributed by atoms with van der Waals surface area (Å²) in [6.07, 6.45) is 1.96. The number of benzene rings is 3. The van der Waals surface area contributed by atoms with Crippen molar-refractivity contribution in [2.24, 2.45) is 0 Å². The molecule has 0 aliphatic rings. The maximum Gasteiger partial charge on any atom is 0.0880 e. The minimum atomic E-state index is -1.32. The third kappa shape index (κ3) is 2.86. The van der Waals surface area contributed by atoms with Gasteiger partial charge in [0.05, 0.1) is 18.5 Å². The quantitative estimate of drug-likeness (QED) is 0.289. The zero-order chi connectivity index (χ0) is 19.5. The van der Waals surface area contributed by atoms with Gasteiger partial charge in [0.2, 0.25) is 0 Å². The summed E-state index contributed by atoms with van der Waals surface area (Å²) < 4.78 is 2.66. The number of fused-ring (bicyclic) bond motifs is 4. The van der Waals surface area contributed by atoms with Gasteiger partial charge in [0, 0.05) is 27.2 Å². The van der Waals surface area contributed by atoms with Gasteiger partial charge in [-0.25, -0.2) is 0 Å². The lowest BCUT2D eigenvalue weighted by Crippen LogP contribution is -2.37. The molecule has 0 saturated carbocycles. The number of thiophene rings is 1. The van der Waals surface area contributed by atoms with Gasteiger partial charge in [0.1, 0.15) is 0 Å². The molecule has 0 amide bonds. The van der Waals surface area contributed by atoms with E-state index in [1.165, 1.54) is 47.3 Å². The van der Waals surface area contributed by atoms with E-state index in [0.29, 0.717) is 0 Å². The molecular weight excluding hydrogens is 374 g/mol. The molecule has 2 aromatic heterocycles. The molecule has 3 heteroatoms. The Morgan fingerprint density at radius 3 is 2.43 bits per heavy atom. The van der Waals surface area contributed by atoms with Crippen LogP contribution in [0.2, 0.25) is 19.6 Å². The van der Waals surface area contributed by atoms with Crippen LogP contribution in [0.1, 0.15) is 5.56 Å². The lowest BCUT2D eigenvalue weighted by Gasteiger charge is -2.16. The molecule has 138 valence electrons. The Morgan fingerprint density at radius 1 is 0.786 bits per heavy atom. The van der Waals surface area contributed by atoms with Crippen LogP contribution in [0.3, 0.4) is 0 Å². The standard InChI is InChI=1S/C25H23NSSi/c1-16-5-6-17-7-8-18(14-19(17)13-16)24-25-22(11-12-26-24)21-10-9-20(28(2,3)4)15-23(21)27-25/h5-15H,1-4H3. The van der Waals surface area contributed by atoms with E-state index in [9.17, 15) is 0 Å². The summed E-state index contributed by atoms with van der Waals surface area (Å²) in [5.74, 6) is 0. The summed E-state index contributed by atoms with van der Waals surface area (Å²) in [5, 5.41) is 6.73. The van der Waals surface area contributed by atoms with E-state index in [1.807, 2.05) is 17.5 Å². The van der Waals surface area contributed by atoms with E-state index in [2.05, 4.69) is 87.2 Å². The summed E-state index contributed by atoms with van der Waals surface area (Å²) in [7, 11) is -1.32.